The molecule has 0 radical (unpaired) electrons. The van der Waals surface area contributed by atoms with E-state index in [4.69, 9.17) is 0 Å². The molecule has 0 aliphatic carbocycles. The summed E-state index contributed by atoms with van der Waals surface area (Å²) < 4.78 is 25.2. The number of benzene rings is 1. The first-order valence-corrected chi connectivity index (χ1v) is 5.30. The molecular formula is C8H10F2S2. The van der Waals surface area contributed by atoms with Gasteiger partial charge in [0.1, 0.15) is 11.6 Å². The molecule has 0 atom stereocenters. The van der Waals surface area contributed by atoms with Crippen molar-refractivity contribution in [3.05, 3.63) is 29.8 Å². The second kappa shape index (κ2) is 6.31. The molecule has 0 fully saturated rings. The Hall–Kier alpha value is -0.220. The van der Waals surface area contributed by atoms with Gasteiger partial charge in [-0.3, -0.25) is 0 Å². The largest absolute Gasteiger partial charge is 0.206 e. The SMILES string of the molecule is CS.CSc1c(F)cccc1F. The molecule has 0 spiro atoms. The average Bonchev–Trinajstić information content (AvgIpc) is 2.08. The van der Waals surface area contributed by atoms with E-state index in [-0.39, 0.29) is 4.90 Å². The van der Waals surface area contributed by atoms with Crippen molar-refractivity contribution in [2.75, 3.05) is 12.5 Å². The maximum Gasteiger partial charge on any atom is 0.139 e. The van der Waals surface area contributed by atoms with Crippen LogP contribution in [0, 0.1) is 11.6 Å². The van der Waals surface area contributed by atoms with Crippen molar-refractivity contribution in [1.29, 1.82) is 0 Å². The van der Waals surface area contributed by atoms with E-state index in [1.54, 1.807) is 12.5 Å². The quantitative estimate of drug-likeness (QED) is 0.546. The number of thiol groups is 1. The zero-order valence-electron chi connectivity index (χ0n) is 6.84. The molecule has 12 heavy (non-hydrogen) atoms. The van der Waals surface area contributed by atoms with E-state index in [0.29, 0.717) is 0 Å². The Kier molecular flexibility index (Phi) is 6.20. The van der Waals surface area contributed by atoms with Crippen LogP contribution in [0.1, 0.15) is 0 Å². The summed E-state index contributed by atoms with van der Waals surface area (Å²) in [7, 11) is 0. The zero-order valence-corrected chi connectivity index (χ0v) is 8.55. The highest BCUT2D eigenvalue weighted by Gasteiger charge is 2.04. The smallest absolute Gasteiger partial charge is 0.139 e. The second-order valence-electron chi connectivity index (χ2n) is 1.75. The van der Waals surface area contributed by atoms with Crippen LogP contribution in [0.5, 0.6) is 0 Å². The van der Waals surface area contributed by atoms with Gasteiger partial charge in [-0.1, -0.05) is 6.07 Å². The molecule has 1 aromatic carbocycles. The molecule has 1 aromatic rings. The Balaban J connectivity index is 0.000000561. The van der Waals surface area contributed by atoms with Crippen molar-refractivity contribution in [1.82, 2.24) is 0 Å². The van der Waals surface area contributed by atoms with Gasteiger partial charge in [0.2, 0.25) is 0 Å². The van der Waals surface area contributed by atoms with Crippen LogP contribution in [0.4, 0.5) is 8.78 Å². The summed E-state index contributed by atoms with van der Waals surface area (Å²) in [6.07, 6.45) is 3.33. The maximum absolute atomic E-state index is 12.6. The van der Waals surface area contributed by atoms with Crippen molar-refractivity contribution in [2.24, 2.45) is 0 Å². The molecule has 0 saturated heterocycles. The number of hydrogen-bond acceptors (Lipinski definition) is 2. The Morgan fingerprint density at radius 3 is 1.83 bits per heavy atom. The third-order valence-corrected chi connectivity index (χ3v) is 1.92. The molecular weight excluding hydrogens is 198 g/mol. The molecule has 0 N–H and O–H groups in total. The third kappa shape index (κ3) is 3.03. The number of rotatable bonds is 1. The van der Waals surface area contributed by atoms with Gasteiger partial charge in [0.05, 0.1) is 4.90 Å². The van der Waals surface area contributed by atoms with Gasteiger partial charge in [0.25, 0.3) is 0 Å². The summed E-state index contributed by atoms with van der Waals surface area (Å²) in [4.78, 5) is 0.0856. The molecule has 0 nitrogen and oxygen atoms in total. The molecule has 4 heteroatoms. The predicted molar refractivity (Wildman–Crippen MR) is 53.0 cm³/mol. The molecule has 0 aromatic heterocycles. The fourth-order valence-corrected chi connectivity index (χ4v) is 1.20. The standard InChI is InChI=1S/C7H6F2S.CH4S/c1-10-7-5(8)3-2-4-6(7)9;1-2/h2-4H,1H3;2H,1H3. The molecule has 0 aliphatic rings. The summed E-state index contributed by atoms with van der Waals surface area (Å²) in [6.45, 7) is 0. The van der Waals surface area contributed by atoms with Crippen LogP contribution in [-0.4, -0.2) is 12.5 Å². The Morgan fingerprint density at radius 1 is 1.17 bits per heavy atom. The Morgan fingerprint density at radius 2 is 1.58 bits per heavy atom. The third-order valence-electron chi connectivity index (χ3n) is 1.12. The minimum absolute atomic E-state index is 0.0856. The van der Waals surface area contributed by atoms with Gasteiger partial charge in [-0.25, -0.2) is 8.78 Å². The summed E-state index contributed by atoms with van der Waals surface area (Å²) in [5.74, 6) is -0.986. The lowest BCUT2D eigenvalue weighted by atomic mass is 10.3. The Labute approximate surface area is 80.8 Å². The van der Waals surface area contributed by atoms with Crippen molar-refractivity contribution < 1.29 is 8.78 Å². The monoisotopic (exact) mass is 208 g/mol. The van der Waals surface area contributed by atoms with Gasteiger partial charge in [-0.2, -0.15) is 12.6 Å². The summed E-state index contributed by atoms with van der Waals surface area (Å²) in [6, 6.07) is 3.84. The van der Waals surface area contributed by atoms with Gasteiger partial charge >= 0.3 is 0 Å². The minimum atomic E-state index is -0.493. The second-order valence-corrected chi connectivity index (χ2v) is 2.57. The van der Waals surface area contributed by atoms with Crippen LogP contribution in [0.15, 0.2) is 23.1 Å². The van der Waals surface area contributed by atoms with Crippen LogP contribution >= 0.6 is 24.4 Å². The van der Waals surface area contributed by atoms with E-state index >= 15 is 0 Å². The van der Waals surface area contributed by atoms with Crippen molar-refractivity contribution >= 4 is 24.4 Å². The highest BCUT2D eigenvalue weighted by Crippen LogP contribution is 2.21. The van der Waals surface area contributed by atoms with Crippen LogP contribution in [0.25, 0.3) is 0 Å². The van der Waals surface area contributed by atoms with Crippen LogP contribution < -0.4 is 0 Å². The van der Waals surface area contributed by atoms with Gasteiger partial charge in [0, 0.05) is 0 Å². The molecule has 0 amide bonds. The van der Waals surface area contributed by atoms with Crippen LogP contribution in [0.2, 0.25) is 0 Å². The molecule has 0 aliphatic heterocycles. The van der Waals surface area contributed by atoms with E-state index in [2.05, 4.69) is 12.6 Å². The van der Waals surface area contributed by atoms with Crippen LogP contribution in [-0.2, 0) is 0 Å². The predicted octanol–water partition coefficient (Wildman–Crippen LogP) is 3.23. The van der Waals surface area contributed by atoms with E-state index in [1.807, 2.05) is 0 Å². The zero-order chi connectivity index (χ0) is 9.56. The summed E-state index contributed by atoms with van der Waals surface area (Å²) in [5, 5.41) is 0. The van der Waals surface area contributed by atoms with E-state index in [9.17, 15) is 8.78 Å². The molecule has 0 heterocycles. The lowest BCUT2D eigenvalue weighted by molar-refractivity contribution is 0.541. The highest BCUT2D eigenvalue weighted by molar-refractivity contribution is 7.98. The molecule has 0 bridgehead atoms. The lowest BCUT2D eigenvalue weighted by Crippen LogP contribution is -1.84. The number of halogens is 2. The first-order valence-electron chi connectivity index (χ1n) is 3.18. The molecule has 1 rings (SSSR count). The average molecular weight is 208 g/mol. The topological polar surface area (TPSA) is 0 Å². The number of thioether (sulfide) groups is 1. The van der Waals surface area contributed by atoms with Crippen molar-refractivity contribution in [2.45, 2.75) is 4.90 Å². The van der Waals surface area contributed by atoms with Gasteiger partial charge in [-0.15, -0.1) is 11.8 Å². The minimum Gasteiger partial charge on any atom is -0.206 e. The van der Waals surface area contributed by atoms with Crippen molar-refractivity contribution in [3.8, 4) is 0 Å². The van der Waals surface area contributed by atoms with Gasteiger partial charge in [-0.05, 0) is 24.6 Å². The normalized spacial score (nSPS) is 8.75. The first kappa shape index (κ1) is 11.8. The summed E-state index contributed by atoms with van der Waals surface area (Å²) in [5.41, 5.74) is 0. The molecule has 0 saturated carbocycles. The molecule has 68 valence electrons. The first-order chi connectivity index (χ1) is 5.75. The van der Waals surface area contributed by atoms with E-state index < -0.39 is 11.6 Å². The van der Waals surface area contributed by atoms with E-state index in [1.165, 1.54) is 18.2 Å². The maximum atomic E-state index is 12.6. The summed E-state index contributed by atoms with van der Waals surface area (Å²) >= 11 is 4.60. The van der Waals surface area contributed by atoms with Gasteiger partial charge < -0.3 is 0 Å². The van der Waals surface area contributed by atoms with Gasteiger partial charge in [0.15, 0.2) is 0 Å². The fourth-order valence-electron chi connectivity index (χ4n) is 0.678. The van der Waals surface area contributed by atoms with Crippen molar-refractivity contribution in [3.63, 3.8) is 0 Å². The van der Waals surface area contributed by atoms with E-state index in [0.717, 1.165) is 11.8 Å². The highest BCUT2D eigenvalue weighted by atomic mass is 32.2. The lowest BCUT2D eigenvalue weighted by Gasteiger charge is -1.97. The van der Waals surface area contributed by atoms with Crippen LogP contribution in [0.3, 0.4) is 0 Å². The number of hydrogen-bond donors (Lipinski definition) is 1. The Bertz CT molecular complexity index is 218. The fraction of sp³-hybridized carbons (Fsp3) is 0.250. The molecule has 0 unspecified atom stereocenters.